The van der Waals surface area contributed by atoms with E-state index in [4.69, 9.17) is 0 Å². The Labute approximate surface area is 109 Å². The summed E-state index contributed by atoms with van der Waals surface area (Å²) in [5, 5.41) is 3.43. The van der Waals surface area contributed by atoms with Gasteiger partial charge in [-0.25, -0.2) is 0 Å². The van der Waals surface area contributed by atoms with E-state index in [2.05, 4.69) is 46.7 Å². The van der Waals surface area contributed by atoms with Crippen LogP contribution in [0.1, 0.15) is 24.1 Å². The molecule has 0 bridgehead atoms. The molecule has 1 N–H and O–H groups in total. The lowest BCUT2D eigenvalue weighted by molar-refractivity contribution is 0.616. The van der Waals surface area contributed by atoms with E-state index in [1.54, 1.807) is 0 Å². The van der Waals surface area contributed by atoms with Gasteiger partial charge in [-0.1, -0.05) is 36.4 Å². The van der Waals surface area contributed by atoms with Gasteiger partial charge >= 0.3 is 0 Å². The minimum Gasteiger partial charge on any atom is -0.311 e. The van der Waals surface area contributed by atoms with Crippen molar-refractivity contribution in [3.63, 3.8) is 0 Å². The van der Waals surface area contributed by atoms with Crippen molar-refractivity contribution < 1.29 is 0 Å². The van der Waals surface area contributed by atoms with Crippen LogP contribution in [0.2, 0.25) is 0 Å². The lowest BCUT2D eigenvalue weighted by Gasteiger charge is -2.04. The molecule has 0 atom stereocenters. The normalized spacial score (nSPS) is 10.4. The fraction of sp³-hybridized carbons (Fsp3) is 0.312. The second-order valence-electron chi connectivity index (χ2n) is 4.44. The molecule has 1 aromatic heterocycles. The van der Waals surface area contributed by atoms with Crippen molar-refractivity contribution in [1.82, 2.24) is 10.3 Å². The quantitative estimate of drug-likeness (QED) is 0.752. The third-order valence-corrected chi connectivity index (χ3v) is 2.94. The third-order valence-electron chi connectivity index (χ3n) is 2.94. The number of pyridine rings is 1. The average molecular weight is 240 g/mol. The van der Waals surface area contributed by atoms with Gasteiger partial charge in [0.05, 0.1) is 5.69 Å². The molecule has 0 saturated carbocycles. The topological polar surface area (TPSA) is 24.9 Å². The van der Waals surface area contributed by atoms with Crippen LogP contribution in [-0.4, -0.2) is 11.5 Å². The summed E-state index contributed by atoms with van der Waals surface area (Å²) < 4.78 is 0. The standard InChI is InChI=1S/C16H20N2/c1-2-8-15(9-3-1)10-4-6-12-17-14-16-11-5-7-13-18-16/h1-3,5,7-9,11,13,17H,4,6,10,12,14H2. The molecule has 0 aliphatic heterocycles. The molecule has 2 rings (SSSR count). The highest BCUT2D eigenvalue weighted by Gasteiger charge is 1.94. The minimum atomic E-state index is 0.867. The Hall–Kier alpha value is -1.67. The molecule has 18 heavy (non-hydrogen) atoms. The second kappa shape index (κ2) is 7.62. The number of benzene rings is 1. The number of unbranched alkanes of at least 4 members (excludes halogenated alkanes) is 1. The molecule has 2 aromatic rings. The van der Waals surface area contributed by atoms with Gasteiger partial charge in [-0.15, -0.1) is 0 Å². The molecule has 0 unspecified atom stereocenters. The van der Waals surface area contributed by atoms with Gasteiger partial charge in [0.2, 0.25) is 0 Å². The zero-order valence-corrected chi connectivity index (χ0v) is 10.7. The maximum absolute atomic E-state index is 4.28. The number of aryl methyl sites for hydroxylation is 1. The van der Waals surface area contributed by atoms with Gasteiger partial charge in [-0.3, -0.25) is 4.98 Å². The molecule has 2 heteroatoms. The summed E-state index contributed by atoms with van der Waals surface area (Å²) in [5.41, 5.74) is 2.54. The SMILES string of the molecule is c1ccc(CCCCNCc2ccccn2)cc1. The van der Waals surface area contributed by atoms with Crippen LogP contribution in [0.4, 0.5) is 0 Å². The van der Waals surface area contributed by atoms with Crippen molar-refractivity contribution >= 4 is 0 Å². The zero-order valence-electron chi connectivity index (χ0n) is 10.7. The number of nitrogens with zero attached hydrogens (tertiary/aromatic N) is 1. The third kappa shape index (κ3) is 4.68. The van der Waals surface area contributed by atoms with E-state index in [1.165, 1.54) is 24.8 Å². The van der Waals surface area contributed by atoms with Gasteiger partial charge in [0, 0.05) is 12.7 Å². The van der Waals surface area contributed by atoms with E-state index in [0.29, 0.717) is 0 Å². The Kier molecular flexibility index (Phi) is 5.41. The van der Waals surface area contributed by atoms with E-state index in [-0.39, 0.29) is 0 Å². The van der Waals surface area contributed by atoms with Gasteiger partial charge in [-0.2, -0.15) is 0 Å². The molecule has 0 aliphatic carbocycles. The lowest BCUT2D eigenvalue weighted by atomic mass is 10.1. The van der Waals surface area contributed by atoms with Crippen molar-refractivity contribution in [3.8, 4) is 0 Å². The predicted octanol–water partition coefficient (Wildman–Crippen LogP) is 3.19. The monoisotopic (exact) mass is 240 g/mol. The summed E-state index contributed by atoms with van der Waals surface area (Å²) in [6.07, 6.45) is 5.46. The van der Waals surface area contributed by atoms with Gasteiger partial charge in [0.15, 0.2) is 0 Å². The fourth-order valence-corrected chi connectivity index (χ4v) is 1.94. The number of nitrogens with one attached hydrogen (secondary N) is 1. The predicted molar refractivity (Wildman–Crippen MR) is 75.3 cm³/mol. The highest BCUT2D eigenvalue weighted by molar-refractivity contribution is 5.14. The number of hydrogen-bond acceptors (Lipinski definition) is 2. The number of rotatable bonds is 7. The highest BCUT2D eigenvalue weighted by Crippen LogP contribution is 2.03. The van der Waals surface area contributed by atoms with E-state index in [9.17, 15) is 0 Å². The largest absolute Gasteiger partial charge is 0.311 e. The summed E-state index contributed by atoms with van der Waals surface area (Å²) in [7, 11) is 0. The Morgan fingerprint density at radius 2 is 1.72 bits per heavy atom. The summed E-state index contributed by atoms with van der Waals surface area (Å²) >= 11 is 0. The second-order valence-corrected chi connectivity index (χ2v) is 4.44. The van der Waals surface area contributed by atoms with E-state index < -0.39 is 0 Å². The van der Waals surface area contributed by atoms with Crippen molar-refractivity contribution in [2.75, 3.05) is 6.54 Å². The van der Waals surface area contributed by atoms with Crippen LogP contribution in [0.5, 0.6) is 0 Å². The van der Waals surface area contributed by atoms with Crippen LogP contribution in [0, 0.1) is 0 Å². The van der Waals surface area contributed by atoms with Crippen LogP contribution in [0.25, 0.3) is 0 Å². The van der Waals surface area contributed by atoms with Gasteiger partial charge in [-0.05, 0) is 43.5 Å². The van der Waals surface area contributed by atoms with Crippen molar-refractivity contribution in [1.29, 1.82) is 0 Å². The lowest BCUT2D eigenvalue weighted by Crippen LogP contribution is -2.15. The first kappa shape index (κ1) is 12.8. The van der Waals surface area contributed by atoms with Gasteiger partial charge in [0.1, 0.15) is 0 Å². The number of hydrogen-bond donors (Lipinski definition) is 1. The number of aromatic nitrogens is 1. The van der Waals surface area contributed by atoms with E-state index in [0.717, 1.165) is 18.8 Å². The van der Waals surface area contributed by atoms with Crippen LogP contribution < -0.4 is 5.32 Å². The molecule has 2 nitrogen and oxygen atoms in total. The highest BCUT2D eigenvalue weighted by atomic mass is 14.9. The molecule has 94 valence electrons. The van der Waals surface area contributed by atoms with Crippen molar-refractivity contribution in [3.05, 3.63) is 66.0 Å². The van der Waals surface area contributed by atoms with Crippen LogP contribution in [0.3, 0.4) is 0 Å². The van der Waals surface area contributed by atoms with E-state index >= 15 is 0 Å². The van der Waals surface area contributed by atoms with Crippen molar-refractivity contribution in [2.45, 2.75) is 25.8 Å². The molecular weight excluding hydrogens is 220 g/mol. The molecule has 1 aromatic carbocycles. The maximum atomic E-state index is 4.28. The van der Waals surface area contributed by atoms with Gasteiger partial charge in [0.25, 0.3) is 0 Å². The summed E-state index contributed by atoms with van der Waals surface area (Å²) in [4.78, 5) is 4.28. The molecule has 1 heterocycles. The first-order valence-corrected chi connectivity index (χ1v) is 6.60. The van der Waals surface area contributed by atoms with Gasteiger partial charge < -0.3 is 5.32 Å². The Bertz CT molecular complexity index is 382. The molecule has 0 fully saturated rings. The summed E-state index contributed by atoms with van der Waals surface area (Å²) in [6.45, 7) is 1.93. The van der Waals surface area contributed by atoms with Crippen molar-refractivity contribution in [2.24, 2.45) is 0 Å². The Balaban J connectivity index is 1.54. The molecular formula is C16H20N2. The molecule has 0 aliphatic rings. The Morgan fingerprint density at radius 1 is 0.889 bits per heavy atom. The van der Waals surface area contributed by atoms with Crippen LogP contribution in [-0.2, 0) is 13.0 Å². The molecule has 0 spiro atoms. The molecule has 0 saturated heterocycles. The maximum Gasteiger partial charge on any atom is 0.0541 e. The smallest absolute Gasteiger partial charge is 0.0541 e. The van der Waals surface area contributed by atoms with Crippen LogP contribution in [0.15, 0.2) is 54.7 Å². The Morgan fingerprint density at radius 3 is 2.50 bits per heavy atom. The first-order valence-electron chi connectivity index (χ1n) is 6.60. The molecule has 0 amide bonds. The molecule has 0 radical (unpaired) electrons. The average Bonchev–Trinajstić information content (AvgIpc) is 2.45. The summed E-state index contributed by atoms with van der Waals surface area (Å²) in [5.74, 6) is 0. The minimum absolute atomic E-state index is 0.867. The van der Waals surface area contributed by atoms with Crippen LogP contribution >= 0.6 is 0 Å². The first-order chi connectivity index (χ1) is 8.95. The fourth-order valence-electron chi connectivity index (χ4n) is 1.94. The van der Waals surface area contributed by atoms with E-state index in [1.807, 2.05) is 18.3 Å². The zero-order chi connectivity index (χ0) is 12.5. The summed E-state index contributed by atoms with van der Waals surface area (Å²) in [6, 6.07) is 16.7.